The first-order chi connectivity index (χ1) is 15.4. The summed E-state index contributed by atoms with van der Waals surface area (Å²) >= 11 is 0. The summed E-state index contributed by atoms with van der Waals surface area (Å²) < 4.78 is 16.0. The number of ether oxygens (including phenoxy) is 1. The number of nitrogens with zero attached hydrogens (tertiary/aromatic N) is 3. The molecule has 0 aliphatic heterocycles. The molecule has 0 fully saturated rings. The number of amides is 1. The van der Waals surface area contributed by atoms with Crippen LogP contribution in [0.15, 0.2) is 63.6 Å². The topological polar surface area (TPSA) is 103 Å². The number of methoxy groups -OCH3 is 1. The third kappa shape index (κ3) is 4.54. The Hall–Kier alpha value is -3.94. The van der Waals surface area contributed by atoms with Crippen LogP contribution in [0.2, 0.25) is 0 Å². The molecule has 8 heteroatoms. The second-order valence-corrected chi connectivity index (χ2v) is 7.82. The maximum Gasteiger partial charge on any atom is 0.274 e. The van der Waals surface area contributed by atoms with Crippen LogP contribution in [0.25, 0.3) is 22.7 Å². The van der Waals surface area contributed by atoms with Crippen molar-refractivity contribution in [2.24, 2.45) is 5.92 Å². The van der Waals surface area contributed by atoms with E-state index in [2.05, 4.69) is 20.6 Å². The first kappa shape index (κ1) is 21.3. The van der Waals surface area contributed by atoms with Gasteiger partial charge in [-0.25, -0.2) is 0 Å². The third-order valence-corrected chi connectivity index (χ3v) is 5.09. The molecule has 2 aromatic carbocycles. The number of rotatable bonds is 7. The highest BCUT2D eigenvalue weighted by Crippen LogP contribution is 2.26. The Morgan fingerprint density at radius 3 is 2.31 bits per heavy atom. The van der Waals surface area contributed by atoms with Crippen molar-refractivity contribution in [2.45, 2.75) is 26.8 Å². The molecule has 4 aromatic rings. The highest BCUT2D eigenvalue weighted by molar-refractivity contribution is 5.93. The fraction of sp³-hybridized carbons (Fsp3) is 0.250. The number of nitrogens with one attached hydrogen (secondary N) is 1. The van der Waals surface area contributed by atoms with Crippen molar-refractivity contribution in [3.05, 3.63) is 71.7 Å². The number of hydrogen-bond donors (Lipinski definition) is 1. The van der Waals surface area contributed by atoms with E-state index in [4.69, 9.17) is 13.8 Å². The Morgan fingerprint density at radius 2 is 1.66 bits per heavy atom. The Labute approximate surface area is 185 Å². The van der Waals surface area contributed by atoms with Gasteiger partial charge in [-0.05, 0) is 37.1 Å². The average molecular weight is 432 g/mol. The van der Waals surface area contributed by atoms with Gasteiger partial charge in [0.25, 0.3) is 5.91 Å². The van der Waals surface area contributed by atoms with Crippen molar-refractivity contribution >= 4 is 5.91 Å². The zero-order chi connectivity index (χ0) is 22.7. The van der Waals surface area contributed by atoms with Gasteiger partial charge in [0.15, 0.2) is 11.5 Å². The number of aryl methyl sites for hydroxylation is 1. The van der Waals surface area contributed by atoms with Crippen LogP contribution in [0.5, 0.6) is 5.75 Å². The van der Waals surface area contributed by atoms with Gasteiger partial charge in [0, 0.05) is 17.2 Å². The second-order valence-electron chi connectivity index (χ2n) is 7.82. The van der Waals surface area contributed by atoms with E-state index < -0.39 is 6.04 Å². The molecule has 1 atom stereocenters. The molecule has 0 aliphatic carbocycles. The molecule has 1 amide bonds. The van der Waals surface area contributed by atoms with Gasteiger partial charge in [0.1, 0.15) is 11.8 Å². The summed E-state index contributed by atoms with van der Waals surface area (Å²) in [5, 5.41) is 10.9. The van der Waals surface area contributed by atoms with Crippen molar-refractivity contribution in [2.75, 3.05) is 7.11 Å². The third-order valence-electron chi connectivity index (χ3n) is 5.09. The van der Waals surface area contributed by atoms with Gasteiger partial charge >= 0.3 is 0 Å². The van der Waals surface area contributed by atoms with E-state index in [0.29, 0.717) is 17.5 Å². The van der Waals surface area contributed by atoms with E-state index in [-0.39, 0.29) is 17.5 Å². The van der Waals surface area contributed by atoms with E-state index in [9.17, 15) is 4.79 Å². The molecule has 1 unspecified atom stereocenters. The lowest BCUT2D eigenvalue weighted by Crippen LogP contribution is -2.32. The SMILES string of the molecule is COc1ccc(-c2noc(C(NC(=O)c3cc(-c4ccc(C)cc4)on3)C(C)C)n2)cc1. The summed E-state index contributed by atoms with van der Waals surface area (Å²) in [5.74, 6) is 1.65. The summed E-state index contributed by atoms with van der Waals surface area (Å²) in [5.41, 5.74) is 2.96. The molecular weight excluding hydrogens is 408 g/mol. The Kier molecular flexibility index (Phi) is 6.02. The normalized spacial score (nSPS) is 12.0. The van der Waals surface area contributed by atoms with E-state index in [1.165, 1.54) is 0 Å². The monoisotopic (exact) mass is 432 g/mol. The van der Waals surface area contributed by atoms with Gasteiger partial charge in [-0.1, -0.05) is 54.0 Å². The lowest BCUT2D eigenvalue weighted by atomic mass is 10.0. The average Bonchev–Trinajstić information content (AvgIpc) is 3.48. The molecule has 8 nitrogen and oxygen atoms in total. The second kappa shape index (κ2) is 9.05. The minimum Gasteiger partial charge on any atom is -0.497 e. The van der Waals surface area contributed by atoms with Gasteiger partial charge in [-0.2, -0.15) is 4.98 Å². The largest absolute Gasteiger partial charge is 0.497 e. The van der Waals surface area contributed by atoms with Crippen LogP contribution in [0.1, 0.15) is 41.8 Å². The van der Waals surface area contributed by atoms with Gasteiger partial charge in [0.05, 0.1) is 7.11 Å². The van der Waals surface area contributed by atoms with Crippen LogP contribution >= 0.6 is 0 Å². The molecule has 0 aliphatic rings. The Morgan fingerprint density at radius 1 is 0.969 bits per heavy atom. The van der Waals surface area contributed by atoms with E-state index >= 15 is 0 Å². The van der Waals surface area contributed by atoms with E-state index in [1.54, 1.807) is 13.2 Å². The van der Waals surface area contributed by atoms with Crippen LogP contribution in [0.4, 0.5) is 0 Å². The Bertz CT molecular complexity index is 1190. The van der Waals surface area contributed by atoms with Crippen LogP contribution < -0.4 is 10.1 Å². The van der Waals surface area contributed by atoms with Crippen molar-refractivity contribution in [3.63, 3.8) is 0 Å². The fourth-order valence-electron chi connectivity index (χ4n) is 3.18. The highest BCUT2D eigenvalue weighted by atomic mass is 16.5. The number of hydrogen-bond acceptors (Lipinski definition) is 7. The minimum atomic E-state index is -0.485. The lowest BCUT2D eigenvalue weighted by molar-refractivity contribution is 0.0904. The molecule has 2 aromatic heterocycles. The lowest BCUT2D eigenvalue weighted by Gasteiger charge is -2.17. The van der Waals surface area contributed by atoms with E-state index in [0.717, 1.165) is 22.4 Å². The van der Waals surface area contributed by atoms with Gasteiger partial charge in [-0.15, -0.1) is 0 Å². The summed E-state index contributed by atoms with van der Waals surface area (Å²) in [4.78, 5) is 17.3. The quantitative estimate of drug-likeness (QED) is 0.446. The molecule has 0 saturated carbocycles. The Balaban J connectivity index is 1.51. The van der Waals surface area contributed by atoms with Crippen molar-refractivity contribution < 1.29 is 18.6 Å². The molecule has 1 N–H and O–H groups in total. The summed E-state index contributed by atoms with van der Waals surface area (Å²) in [6, 6.07) is 16.3. The van der Waals surface area contributed by atoms with Crippen LogP contribution in [0, 0.1) is 12.8 Å². The number of carbonyl (C=O) groups is 1. The number of aromatic nitrogens is 3. The molecule has 4 rings (SSSR count). The standard InChI is InChI=1S/C24H24N4O4/c1-14(2)21(24-26-22(28-32-24)17-9-11-18(30-4)12-10-17)25-23(29)19-13-20(31-27-19)16-7-5-15(3)6-8-16/h5-14,21H,1-4H3,(H,25,29). The molecular formula is C24H24N4O4. The van der Waals surface area contributed by atoms with Crippen LogP contribution in [-0.2, 0) is 0 Å². The molecule has 164 valence electrons. The van der Waals surface area contributed by atoms with Crippen molar-refractivity contribution in [1.82, 2.24) is 20.6 Å². The molecule has 0 bridgehead atoms. The fourth-order valence-corrected chi connectivity index (χ4v) is 3.18. The smallest absolute Gasteiger partial charge is 0.274 e. The number of carbonyl (C=O) groups excluding carboxylic acids is 1. The molecule has 32 heavy (non-hydrogen) atoms. The predicted octanol–water partition coefficient (Wildman–Crippen LogP) is 4.84. The zero-order valence-electron chi connectivity index (χ0n) is 18.3. The van der Waals surface area contributed by atoms with Gasteiger partial charge in [-0.3, -0.25) is 4.79 Å². The number of benzene rings is 2. The zero-order valence-corrected chi connectivity index (χ0v) is 18.3. The predicted molar refractivity (Wildman–Crippen MR) is 118 cm³/mol. The maximum absolute atomic E-state index is 12.8. The van der Waals surface area contributed by atoms with Gasteiger partial charge < -0.3 is 19.1 Å². The first-order valence-corrected chi connectivity index (χ1v) is 10.3. The molecule has 0 spiro atoms. The molecule has 0 radical (unpaired) electrons. The van der Waals surface area contributed by atoms with E-state index in [1.807, 2.05) is 69.3 Å². The van der Waals surface area contributed by atoms with Crippen LogP contribution in [-0.4, -0.2) is 28.3 Å². The van der Waals surface area contributed by atoms with Gasteiger partial charge in [0.2, 0.25) is 11.7 Å². The highest BCUT2D eigenvalue weighted by Gasteiger charge is 2.26. The van der Waals surface area contributed by atoms with Crippen molar-refractivity contribution in [1.29, 1.82) is 0 Å². The molecule has 0 saturated heterocycles. The molecule has 2 heterocycles. The summed E-state index contributed by atoms with van der Waals surface area (Å²) in [6.45, 7) is 5.93. The first-order valence-electron chi connectivity index (χ1n) is 10.3. The summed E-state index contributed by atoms with van der Waals surface area (Å²) in [6.07, 6.45) is 0. The van der Waals surface area contributed by atoms with Crippen molar-refractivity contribution in [3.8, 4) is 28.5 Å². The summed E-state index contributed by atoms with van der Waals surface area (Å²) in [7, 11) is 1.61. The minimum absolute atomic E-state index is 0.00610. The maximum atomic E-state index is 12.8. The van der Waals surface area contributed by atoms with Crippen LogP contribution in [0.3, 0.4) is 0 Å².